The standard InChI is InChI=1S/C28H37N3O/c1-19(2)17-31-18-23-14-28(27(32)29-15-22-11-7-8-20(3)12-22)25(26(31)24(23)16-30-28)13-21-9-5-4-6-10-21/h4-12,19,23-26,30H,13-18H2,1-3H3,(H,29,32). The molecule has 0 aromatic heterocycles. The summed E-state index contributed by atoms with van der Waals surface area (Å²) in [7, 11) is 0. The molecular formula is C28H37N3O. The van der Waals surface area contributed by atoms with Crippen LogP contribution in [0.25, 0.3) is 0 Å². The van der Waals surface area contributed by atoms with Crippen LogP contribution in [0.3, 0.4) is 0 Å². The maximum atomic E-state index is 13.9. The van der Waals surface area contributed by atoms with Crippen molar-refractivity contribution >= 4 is 5.91 Å². The molecular weight excluding hydrogens is 394 g/mol. The Morgan fingerprint density at radius 1 is 1.16 bits per heavy atom. The van der Waals surface area contributed by atoms with Gasteiger partial charge in [-0.05, 0) is 48.6 Å². The van der Waals surface area contributed by atoms with E-state index in [2.05, 4.69) is 90.9 Å². The summed E-state index contributed by atoms with van der Waals surface area (Å²) < 4.78 is 0. The Morgan fingerprint density at radius 2 is 1.94 bits per heavy atom. The van der Waals surface area contributed by atoms with Gasteiger partial charge in [-0.2, -0.15) is 0 Å². The fourth-order valence-corrected chi connectivity index (χ4v) is 6.86. The number of rotatable bonds is 7. The third-order valence-corrected chi connectivity index (χ3v) is 8.06. The van der Waals surface area contributed by atoms with Crippen LogP contribution in [0.1, 0.15) is 37.0 Å². The van der Waals surface area contributed by atoms with Crippen molar-refractivity contribution in [2.45, 2.75) is 51.7 Å². The van der Waals surface area contributed by atoms with E-state index in [-0.39, 0.29) is 5.91 Å². The highest BCUT2D eigenvalue weighted by Crippen LogP contribution is 2.53. The number of carbonyl (C=O) groups excluding carboxylic acids is 1. The van der Waals surface area contributed by atoms with Gasteiger partial charge in [-0.25, -0.2) is 0 Å². The van der Waals surface area contributed by atoms with E-state index in [1.807, 2.05) is 0 Å². The monoisotopic (exact) mass is 431 g/mol. The maximum Gasteiger partial charge on any atom is 0.240 e. The Bertz CT molecular complexity index is 958. The quantitative estimate of drug-likeness (QED) is 0.701. The van der Waals surface area contributed by atoms with Gasteiger partial charge < -0.3 is 10.6 Å². The van der Waals surface area contributed by atoms with Crippen LogP contribution in [-0.4, -0.2) is 42.0 Å². The van der Waals surface area contributed by atoms with E-state index in [1.165, 1.54) is 16.7 Å². The van der Waals surface area contributed by atoms with E-state index in [0.29, 0.717) is 36.3 Å². The first kappa shape index (κ1) is 21.7. The van der Waals surface area contributed by atoms with Crippen LogP contribution in [0, 0.1) is 30.6 Å². The van der Waals surface area contributed by atoms with Gasteiger partial charge in [-0.15, -0.1) is 0 Å². The van der Waals surface area contributed by atoms with Gasteiger partial charge in [0.05, 0.1) is 0 Å². The van der Waals surface area contributed by atoms with E-state index in [0.717, 1.165) is 32.5 Å². The van der Waals surface area contributed by atoms with Crippen molar-refractivity contribution in [3.05, 3.63) is 71.3 Å². The number of benzene rings is 2. The summed E-state index contributed by atoms with van der Waals surface area (Å²) in [5, 5.41) is 7.12. The number of aryl methyl sites for hydroxylation is 1. The van der Waals surface area contributed by atoms with Crippen LogP contribution in [0.15, 0.2) is 54.6 Å². The number of carbonyl (C=O) groups is 1. The zero-order valence-electron chi connectivity index (χ0n) is 19.7. The molecule has 3 saturated heterocycles. The Labute approximate surface area is 192 Å². The highest BCUT2D eigenvalue weighted by molar-refractivity contribution is 5.87. The molecule has 1 amide bonds. The van der Waals surface area contributed by atoms with E-state index in [1.54, 1.807) is 0 Å². The molecule has 5 atom stereocenters. The molecule has 32 heavy (non-hydrogen) atoms. The van der Waals surface area contributed by atoms with Gasteiger partial charge in [0.15, 0.2) is 0 Å². The molecule has 170 valence electrons. The SMILES string of the molecule is Cc1cccc(CNC(=O)C23CC4CN(CC(C)C)C(C4CN2)C3Cc2ccccc2)c1. The number of hydrogen-bond acceptors (Lipinski definition) is 3. The second-order valence-corrected chi connectivity index (χ2v) is 10.8. The average Bonchev–Trinajstić information content (AvgIpc) is 3.07. The van der Waals surface area contributed by atoms with E-state index in [9.17, 15) is 4.79 Å². The molecule has 2 N–H and O–H groups in total. The fraction of sp³-hybridized carbons (Fsp3) is 0.536. The lowest BCUT2D eigenvalue weighted by atomic mass is 9.58. The van der Waals surface area contributed by atoms with Crippen molar-refractivity contribution in [1.82, 2.24) is 15.5 Å². The van der Waals surface area contributed by atoms with Gasteiger partial charge in [0, 0.05) is 38.1 Å². The van der Waals surface area contributed by atoms with E-state index >= 15 is 0 Å². The zero-order chi connectivity index (χ0) is 22.3. The summed E-state index contributed by atoms with van der Waals surface area (Å²) in [6, 6.07) is 19.7. The Hall–Kier alpha value is -2.17. The third kappa shape index (κ3) is 3.88. The van der Waals surface area contributed by atoms with Crippen molar-refractivity contribution in [3.63, 3.8) is 0 Å². The summed E-state index contributed by atoms with van der Waals surface area (Å²) in [5.41, 5.74) is 3.26. The first-order valence-electron chi connectivity index (χ1n) is 12.3. The first-order valence-corrected chi connectivity index (χ1v) is 12.3. The van der Waals surface area contributed by atoms with E-state index < -0.39 is 5.54 Å². The second kappa shape index (κ2) is 8.64. The minimum Gasteiger partial charge on any atom is -0.350 e. The molecule has 5 unspecified atom stereocenters. The third-order valence-electron chi connectivity index (χ3n) is 8.06. The molecule has 1 aliphatic carbocycles. The molecule has 4 heteroatoms. The summed E-state index contributed by atoms with van der Waals surface area (Å²) in [4.78, 5) is 16.6. The fourth-order valence-electron chi connectivity index (χ4n) is 6.86. The molecule has 0 radical (unpaired) electrons. The molecule has 4 fully saturated rings. The summed E-state index contributed by atoms with van der Waals surface area (Å²) in [6.07, 6.45) is 1.91. The van der Waals surface area contributed by atoms with Gasteiger partial charge in [0.25, 0.3) is 0 Å². The topological polar surface area (TPSA) is 44.4 Å². The smallest absolute Gasteiger partial charge is 0.240 e. The van der Waals surface area contributed by atoms with Crippen LogP contribution in [0.5, 0.6) is 0 Å². The average molecular weight is 432 g/mol. The number of nitrogens with zero attached hydrogens (tertiary/aromatic N) is 1. The normalized spacial score (nSPS) is 31.2. The molecule has 6 rings (SSSR count). The lowest BCUT2D eigenvalue weighted by Crippen LogP contribution is -2.74. The first-order chi connectivity index (χ1) is 15.5. The van der Waals surface area contributed by atoms with Crippen LogP contribution >= 0.6 is 0 Å². The van der Waals surface area contributed by atoms with Crippen LogP contribution in [-0.2, 0) is 17.8 Å². The molecule has 0 spiro atoms. The molecule has 3 aliphatic heterocycles. The van der Waals surface area contributed by atoms with Crippen molar-refractivity contribution in [1.29, 1.82) is 0 Å². The van der Waals surface area contributed by atoms with Gasteiger partial charge in [-0.1, -0.05) is 74.0 Å². The lowest BCUT2D eigenvalue weighted by Gasteiger charge is -2.56. The van der Waals surface area contributed by atoms with E-state index in [4.69, 9.17) is 0 Å². The minimum absolute atomic E-state index is 0.194. The summed E-state index contributed by atoms with van der Waals surface area (Å²) in [6.45, 7) is 10.6. The van der Waals surface area contributed by atoms with Gasteiger partial charge in [0.1, 0.15) is 5.54 Å². The molecule has 2 aromatic rings. The number of hydrogen-bond donors (Lipinski definition) is 2. The Balaban J connectivity index is 1.43. The van der Waals surface area contributed by atoms with Crippen molar-refractivity contribution in [2.24, 2.45) is 23.7 Å². The van der Waals surface area contributed by atoms with Gasteiger partial charge in [0.2, 0.25) is 5.91 Å². The van der Waals surface area contributed by atoms with Gasteiger partial charge >= 0.3 is 0 Å². The number of amides is 1. The summed E-state index contributed by atoms with van der Waals surface area (Å²) in [5.74, 6) is 2.41. The largest absolute Gasteiger partial charge is 0.350 e. The number of nitrogens with one attached hydrogen (secondary N) is 2. The molecule has 4 bridgehead atoms. The number of fused-ring (bicyclic) bond motifs is 1. The maximum absolute atomic E-state index is 13.9. The zero-order valence-corrected chi connectivity index (χ0v) is 19.7. The molecule has 4 nitrogen and oxygen atoms in total. The number of piperidine rings is 2. The Kier molecular flexibility index (Phi) is 5.85. The molecule has 3 heterocycles. The molecule has 4 aliphatic rings. The van der Waals surface area contributed by atoms with Crippen LogP contribution in [0.4, 0.5) is 0 Å². The predicted molar refractivity (Wildman–Crippen MR) is 129 cm³/mol. The van der Waals surface area contributed by atoms with Crippen molar-refractivity contribution in [2.75, 3.05) is 19.6 Å². The Morgan fingerprint density at radius 3 is 2.69 bits per heavy atom. The highest BCUT2D eigenvalue weighted by atomic mass is 16.2. The number of likely N-dealkylation sites (tertiary alicyclic amines) is 1. The predicted octanol–water partition coefficient (Wildman–Crippen LogP) is 3.79. The molecule has 1 saturated carbocycles. The lowest BCUT2D eigenvalue weighted by molar-refractivity contribution is -0.138. The molecule has 2 aromatic carbocycles. The van der Waals surface area contributed by atoms with Crippen molar-refractivity contribution < 1.29 is 4.79 Å². The van der Waals surface area contributed by atoms with Crippen LogP contribution < -0.4 is 10.6 Å². The highest BCUT2D eigenvalue weighted by Gasteiger charge is 2.64. The minimum atomic E-state index is -0.477. The summed E-state index contributed by atoms with van der Waals surface area (Å²) >= 11 is 0. The van der Waals surface area contributed by atoms with Crippen LogP contribution in [0.2, 0.25) is 0 Å². The van der Waals surface area contributed by atoms with Crippen molar-refractivity contribution in [3.8, 4) is 0 Å². The second-order valence-electron chi connectivity index (χ2n) is 10.8. The van der Waals surface area contributed by atoms with Gasteiger partial charge in [-0.3, -0.25) is 9.69 Å².